The first-order chi connectivity index (χ1) is 16.1. The average Bonchev–Trinajstić information content (AvgIpc) is 3.19. The highest BCUT2D eigenvalue weighted by Crippen LogP contribution is 2.28. The van der Waals surface area contributed by atoms with Crippen molar-refractivity contribution in [1.29, 1.82) is 5.26 Å². The summed E-state index contributed by atoms with van der Waals surface area (Å²) in [5.74, 6) is 1.52. The summed E-state index contributed by atoms with van der Waals surface area (Å²) in [4.78, 5) is 19.6. The van der Waals surface area contributed by atoms with Crippen molar-refractivity contribution in [1.82, 2.24) is 14.5 Å². The van der Waals surface area contributed by atoms with Gasteiger partial charge in [0.1, 0.15) is 0 Å². The number of carbonyl (C=O) groups excluding carboxylic acids is 1. The molecule has 8 heteroatoms. The second kappa shape index (κ2) is 11.9. The van der Waals surface area contributed by atoms with E-state index in [1.54, 1.807) is 18.2 Å². The molecule has 0 saturated heterocycles. The van der Waals surface area contributed by atoms with E-state index in [2.05, 4.69) is 39.7 Å². The van der Waals surface area contributed by atoms with Crippen molar-refractivity contribution in [3.05, 3.63) is 48.0 Å². The third-order valence-electron chi connectivity index (χ3n) is 5.54. The predicted molar refractivity (Wildman–Crippen MR) is 129 cm³/mol. The molecular weight excluding hydrogens is 418 g/mol. The van der Waals surface area contributed by atoms with Gasteiger partial charge in [-0.2, -0.15) is 5.26 Å². The van der Waals surface area contributed by atoms with E-state index in [9.17, 15) is 4.79 Å². The van der Waals surface area contributed by atoms with E-state index in [-0.39, 0.29) is 5.91 Å². The number of para-hydroxylation sites is 2. The number of hydrogen-bond donors (Lipinski definition) is 1. The topological polar surface area (TPSA) is 92.4 Å². The number of rotatable bonds is 12. The molecule has 1 aromatic heterocycles. The van der Waals surface area contributed by atoms with E-state index in [0.717, 1.165) is 37.2 Å². The van der Waals surface area contributed by atoms with Gasteiger partial charge in [-0.3, -0.25) is 10.1 Å². The third kappa shape index (κ3) is 6.24. The zero-order chi connectivity index (χ0) is 23.6. The summed E-state index contributed by atoms with van der Waals surface area (Å²) in [6.07, 6.45) is 0.840. The molecule has 0 fully saturated rings. The Morgan fingerprint density at radius 2 is 1.97 bits per heavy atom. The summed E-state index contributed by atoms with van der Waals surface area (Å²) >= 11 is 0. The SMILES string of the molecule is CCN(CC)CCn1c(NC(=O)CCCOc2ccc(C#N)cc2OC)nc2ccccc21. The van der Waals surface area contributed by atoms with E-state index in [4.69, 9.17) is 14.7 Å². The molecule has 0 aliphatic carbocycles. The largest absolute Gasteiger partial charge is 0.493 e. The van der Waals surface area contributed by atoms with Crippen LogP contribution < -0.4 is 14.8 Å². The molecule has 0 spiro atoms. The second-order valence-electron chi connectivity index (χ2n) is 7.58. The van der Waals surface area contributed by atoms with Crippen molar-refractivity contribution < 1.29 is 14.3 Å². The van der Waals surface area contributed by atoms with Gasteiger partial charge >= 0.3 is 0 Å². The highest BCUT2D eigenvalue weighted by molar-refractivity contribution is 5.91. The molecule has 0 bridgehead atoms. The number of hydrogen-bond acceptors (Lipinski definition) is 6. The maximum absolute atomic E-state index is 12.6. The number of amides is 1. The summed E-state index contributed by atoms with van der Waals surface area (Å²) in [6, 6.07) is 15.0. The zero-order valence-electron chi connectivity index (χ0n) is 19.5. The summed E-state index contributed by atoms with van der Waals surface area (Å²) in [5, 5.41) is 12.0. The van der Waals surface area contributed by atoms with Gasteiger partial charge in [0, 0.05) is 25.6 Å². The van der Waals surface area contributed by atoms with Gasteiger partial charge in [-0.05, 0) is 43.8 Å². The van der Waals surface area contributed by atoms with Crippen molar-refractivity contribution in [3.8, 4) is 17.6 Å². The number of anilines is 1. The van der Waals surface area contributed by atoms with Crippen LogP contribution in [0.5, 0.6) is 11.5 Å². The highest BCUT2D eigenvalue weighted by Gasteiger charge is 2.14. The number of methoxy groups -OCH3 is 1. The van der Waals surface area contributed by atoms with Crippen LogP contribution >= 0.6 is 0 Å². The van der Waals surface area contributed by atoms with Crippen LogP contribution in [-0.2, 0) is 11.3 Å². The van der Waals surface area contributed by atoms with Crippen LogP contribution in [0.2, 0.25) is 0 Å². The third-order valence-corrected chi connectivity index (χ3v) is 5.54. The fraction of sp³-hybridized carbons (Fsp3) is 0.400. The fourth-order valence-corrected chi connectivity index (χ4v) is 3.64. The number of nitriles is 1. The van der Waals surface area contributed by atoms with Crippen LogP contribution in [0.4, 0.5) is 5.95 Å². The second-order valence-corrected chi connectivity index (χ2v) is 7.58. The summed E-state index contributed by atoms with van der Waals surface area (Å²) < 4.78 is 13.1. The number of carbonyl (C=O) groups is 1. The van der Waals surface area contributed by atoms with E-state index in [1.165, 1.54) is 7.11 Å². The normalized spacial score (nSPS) is 10.9. The highest BCUT2D eigenvalue weighted by atomic mass is 16.5. The number of fused-ring (bicyclic) bond motifs is 1. The maximum Gasteiger partial charge on any atom is 0.226 e. The number of aromatic nitrogens is 2. The Balaban J connectivity index is 1.58. The summed E-state index contributed by atoms with van der Waals surface area (Å²) in [6.45, 7) is 8.25. The molecule has 0 unspecified atom stereocenters. The lowest BCUT2D eigenvalue weighted by atomic mass is 10.2. The lowest BCUT2D eigenvalue weighted by Gasteiger charge is -2.19. The van der Waals surface area contributed by atoms with Gasteiger partial charge in [0.15, 0.2) is 11.5 Å². The molecule has 1 heterocycles. The Kier molecular flexibility index (Phi) is 8.67. The Labute approximate surface area is 194 Å². The first-order valence-electron chi connectivity index (χ1n) is 11.3. The van der Waals surface area contributed by atoms with Gasteiger partial charge in [0.2, 0.25) is 11.9 Å². The standard InChI is InChI=1S/C25H31N5O3/c1-4-29(5-2)14-15-30-21-10-7-6-9-20(21)27-25(30)28-24(31)11-8-16-33-22-13-12-19(18-26)17-23(22)32-3/h6-7,9-10,12-13,17H,4-5,8,11,14-16H2,1-3H3,(H,27,28,31). The van der Waals surface area contributed by atoms with Crippen molar-refractivity contribution >= 4 is 22.9 Å². The molecule has 33 heavy (non-hydrogen) atoms. The molecule has 8 nitrogen and oxygen atoms in total. The molecule has 0 aliphatic heterocycles. The molecule has 2 aromatic carbocycles. The minimum Gasteiger partial charge on any atom is -0.493 e. The van der Waals surface area contributed by atoms with Crippen molar-refractivity contribution in [2.45, 2.75) is 33.2 Å². The Hall–Kier alpha value is -3.57. The Morgan fingerprint density at radius 3 is 2.70 bits per heavy atom. The molecule has 3 rings (SSSR count). The van der Waals surface area contributed by atoms with Crippen LogP contribution in [0, 0.1) is 11.3 Å². The molecule has 3 aromatic rings. The summed E-state index contributed by atoms with van der Waals surface area (Å²) in [5.41, 5.74) is 2.38. The maximum atomic E-state index is 12.6. The molecule has 1 N–H and O–H groups in total. The van der Waals surface area contributed by atoms with E-state index < -0.39 is 0 Å². The fourth-order valence-electron chi connectivity index (χ4n) is 3.64. The van der Waals surface area contributed by atoms with Crippen LogP contribution in [0.25, 0.3) is 11.0 Å². The predicted octanol–water partition coefficient (Wildman–Crippen LogP) is 4.06. The lowest BCUT2D eigenvalue weighted by molar-refractivity contribution is -0.116. The van der Waals surface area contributed by atoms with Crippen LogP contribution in [0.1, 0.15) is 32.3 Å². The zero-order valence-corrected chi connectivity index (χ0v) is 19.5. The first kappa shape index (κ1) is 24.1. The minimum atomic E-state index is -0.107. The number of imidazole rings is 1. The molecule has 0 saturated carbocycles. The molecule has 1 amide bonds. The molecule has 0 atom stereocenters. The Bertz CT molecular complexity index is 1110. The first-order valence-corrected chi connectivity index (χ1v) is 11.3. The molecular formula is C25H31N5O3. The van der Waals surface area contributed by atoms with Gasteiger partial charge in [0.25, 0.3) is 0 Å². The Morgan fingerprint density at radius 1 is 1.18 bits per heavy atom. The van der Waals surface area contributed by atoms with Crippen LogP contribution in [0.15, 0.2) is 42.5 Å². The van der Waals surface area contributed by atoms with Crippen molar-refractivity contribution in [2.75, 3.05) is 38.7 Å². The minimum absolute atomic E-state index is 0.107. The molecule has 0 aliphatic rings. The smallest absolute Gasteiger partial charge is 0.226 e. The molecule has 174 valence electrons. The number of ether oxygens (including phenoxy) is 2. The number of likely N-dealkylation sites (N-methyl/N-ethyl adjacent to an activating group) is 1. The van der Waals surface area contributed by atoms with Crippen LogP contribution in [0.3, 0.4) is 0 Å². The monoisotopic (exact) mass is 449 g/mol. The van der Waals surface area contributed by atoms with E-state index >= 15 is 0 Å². The van der Waals surface area contributed by atoms with Crippen molar-refractivity contribution in [3.63, 3.8) is 0 Å². The van der Waals surface area contributed by atoms with Gasteiger partial charge in [-0.25, -0.2) is 4.98 Å². The average molecular weight is 450 g/mol. The quantitative estimate of drug-likeness (QED) is 0.419. The summed E-state index contributed by atoms with van der Waals surface area (Å²) in [7, 11) is 1.53. The van der Waals surface area contributed by atoms with Crippen LogP contribution in [-0.4, -0.2) is 53.7 Å². The van der Waals surface area contributed by atoms with Gasteiger partial charge in [-0.15, -0.1) is 0 Å². The van der Waals surface area contributed by atoms with Gasteiger partial charge < -0.3 is 18.9 Å². The van der Waals surface area contributed by atoms with E-state index in [1.807, 2.05) is 24.3 Å². The van der Waals surface area contributed by atoms with Gasteiger partial charge in [-0.1, -0.05) is 26.0 Å². The number of nitrogens with one attached hydrogen (secondary N) is 1. The van der Waals surface area contributed by atoms with Gasteiger partial charge in [0.05, 0.1) is 36.4 Å². The number of nitrogens with zero attached hydrogens (tertiary/aromatic N) is 4. The molecule has 0 radical (unpaired) electrons. The lowest BCUT2D eigenvalue weighted by Crippen LogP contribution is -2.27. The van der Waals surface area contributed by atoms with E-state index in [0.29, 0.717) is 42.5 Å². The number of benzene rings is 2. The van der Waals surface area contributed by atoms with Crippen molar-refractivity contribution in [2.24, 2.45) is 0 Å².